The summed E-state index contributed by atoms with van der Waals surface area (Å²) in [6.45, 7) is 0. The summed E-state index contributed by atoms with van der Waals surface area (Å²) in [5.41, 5.74) is 9.66. The van der Waals surface area contributed by atoms with Crippen LogP contribution in [0.4, 0.5) is 17.1 Å². The molecule has 0 aliphatic carbocycles. The molecule has 9 rings (SSSR count). The number of rotatable bonds is 5. The van der Waals surface area contributed by atoms with Gasteiger partial charge in [-0.25, -0.2) is 0 Å². The number of hydrogen-bond acceptors (Lipinski definition) is 2. The molecule has 0 fully saturated rings. The van der Waals surface area contributed by atoms with Crippen molar-refractivity contribution in [1.29, 1.82) is 0 Å². The van der Waals surface area contributed by atoms with Gasteiger partial charge in [-0.1, -0.05) is 140 Å². The Balaban J connectivity index is 1.27. The van der Waals surface area contributed by atoms with E-state index in [0.717, 1.165) is 39.0 Å². The third kappa shape index (κ3) is 4.35. The van der Waals surface area contributed by atoms with Crippen molar-refractivity contribution in [2.24, 2.45) is 0 Å². The molecule has 0 unspecified atom stereocenters. The van der Waals surface area contributed by atoms with Gasteiger partial charge in [-0.3, -0.25) is 0 Å². The summed E-state index contributed by atoms with van der Waals surface area (Å²) in [7, 11) is 0. The molecular formula is C44H29NO. The van der Waals surface area contributed by atoms with Crippen molar-refractivity contribution in [2.45, 2.75) is 0 Å². The Morgan fingerprint density at radius 2 is 1.02 bits per heavy atom. The van der Waals surface area contributed by atoms with E-state index < -0.39 is 0 Å². The molecule has 1 aromatic heterocycles. The molecule has 0 radical (unpaired) electrons. The second-order valence-corrected chi connectivity index (χ2v) is 11.7. The van der Waals surface area contributed by atoms with Gasteiger partial charge in [-0.15, -0.1) is 0 Å². The van der Waals surface area contributed by atoms with Gasteiger partial charge in [0, 0.05) is 22.1 Å². The molecule has 0 N–H and O–H groups in total. The molecular weight excluding hydrogens is 558 g/mol. The number of hydrogen-bond donors (Lipinski definition) is 0. The maximum atomic E-state index is 6.74. The van der Waals surface area contributed by atoms with E-state index in [1.54, 1.807) is 0 Å². The van der Waals surface area contributed by atoms with Crippen molar-refractivity contribution in [2.75, 3.05) is 4.90 Å². The molecule has 1 heterocycles. The lowest BCUT2D eigenvalue weighted by atomic mass is 9.97. The smallest absolute Gasteiger partial charge is 0.159 e. The molecule has 0 aliphatic rings. The van der Waals surface area contributed by atoms with E-state index in [4.69, 9.17) is 4.42 Å². The lowest BCUT2D eigenvalue weighted by Crippen LogP contribution is -2.10. The van der Waals surface area contributed by atoms with Gasteiger partial charge in [0.05, 0.1) is 5.69 Å². The van der Waals surface area contributed by atoms with Crippen molar-refractivity contribution in [3.63, 3.8) is 0 Å². The minimum Gasteiger partial charge on any atom is -0.454 e. The van der Waals surface area contributed by atoms with Crippen molar-refractivity contribution in [3.8, 4) is 22.3 Å². The van der Waals surface area contributed by atoms with E-state index in [-0.39, 0.29) is 0 Å². The molecule has 0 spiro atoms. The van der Waals surface area contributed by atoms with Crippen LogP contribution in [0, 0.1) is 0 Å². The molecule has 46 heavy (non-hydrogen) atoms. The zero-order valence-electron chi connectivity index (χ0n) is 25.1. The summed E-state index contributed by atoms with van der Waals surface area (Å²) in [4.78, 5) is 2.33. The largest absolute Gasteiger partial charge is 0.454 e. The Bertz CT molecular complexity index is 2520. The highest BCUT2D eigenvalue weighted by Gasteiger charge is 2.21. The predicted molar refractivity (Wildman–Crippen MR) is 194 cm³/mol. The van der Waals surface area contributed by atoms with Gasteiger partial charge >= 0.3 is 0 Å². The molecule has 0 amide bonds. The fourth-order valence-corrected chi connectivity index (χ4v) is 6.88. The summed E-state index contributed by atoms with van der Waals surface area (Å²) in [6.07, 6.45) is 0. The molecule has 0 atom stereocenters. The van der Waals surface area contributed by atoms with Gasteiger partial charge in [0.15, 0.2) is 5.58 Å². The average molecular weight is 588 g/mol. The molecule has 0 bridgehead atoms. The number of fused-ring (bicyclic) bond motifs is 6. The zero-order chi connectivity index (χ0) is 30.5. The minimum atomic E-state index is 0.872. The van der Waals surface area contributed by atoms with E-state index in [9.17, 15) is 0 Å². The third-order valence-corrected chi connectivity index (χ3v) is 9.04. The topological polar surface area (TPSA) is 16.4 Å². The van der Waals surface area contributed by atoms with E-state index in [1.807, 2.05) is 0 Å². The van der Waals surface area contributed by atoms with Crippen LogP contribution in [0.15, 0.2) is 180 Å². The highest BCUT2D eigenvalue weighted by Crippen LogP contribution is 2.44. The summed E-state index contributed by atoms with van der Waals surface area (Å²) in [6, 6.07) is 62.6. The van der Waals surface area contributed by atoms with Crippen LogP contribution in [0.5, 0.6) is 0 Å². The number of anilines is 3. The first-order valence-electron chi connectivity index (χ1n) is 15.7. The minimum absolute atomic E-state index is 0.872. The highest BCUT2D eigenvalue weighted by atomic mass is 16.3. The fraction of sp³-hybridized carbons (Fsp3) is 0. The molecule has 0 saturated carbocycles. The van der Waals surface area contributed by atoms with E-state index in [2.05, 4.69) is 181 Å². The second-order valence-electron chi connectivity index (χ2n) is 11.7. The monoisotopic (exact) mass is 587 g/mol. The quantitative estimate of drug-likeness (QED) is 0.199. The Hall–Kier alpha value is -6.12. The van der Waals surface area contributed by atoms with E-state index in [0.29, 0.717) is 0 Å². The van der Waals surface area contributed by atoms with Crippen LogP contribution in [0.2, 0.25) is 0 Å². The van der Waals surface area contributed by atoms with Crippen LogP contribution in [0.3, 0.4) is 0 Å². The summed E-state index contributed by atoms with van der Waals surface area (Å²) >= 11 is 0. The summed E-state index contributed by atoms with van der Waals surface area (Å²) in [5.74, 6) is 0. The molecule has 2 heteroatoms. The van der Waals surface area contributed by atoms with Gasteiger partial charge in [0.1, 0.15) is 5.58 Å². The van der Waals surface area contributed by atoms with Crippen molar-refractivity contribution < 1.29 is 4.42 Å². The maximum absolute atomic E-state index is 6.74. The van der Waals surface area contributed by atoms with E-state index in [1.165, 1.54) is 43.8 Å². The SMILES string of the molecule is c1ccc(-c2ccc(N(c3cccc(-c4cccc5ccccc45)c3)c3cccc4c3oc3ccc5ccccc5c34)cc2)cc1. The molecule has 9 aromatic rings. The first kappa shape index (κ1) is 26.3. The van der Waals surface area contributed by atoms with Gasteiger partial charge in [-0.05, 0) is 80.2 Å². The number of furan rings is 1. The third-order valence-electron chi connectivity index (χ3n) is 9.04. The average Bonchev–Trinajstić information content (AvgIpc) is 3.53. The molecule has 0 saturated heterocycles. The lowest BCUT2D eigenvalue weighted by Gasteiger charge is -2.26. The van der Waals surface area contributed by atoms with Gasteiger partial charge in [0.25, 0.3) is 0 Å². The Labute approximate surface area is 267 Å². The number of para-hydroxylation sites is 1. The maximum Gasteiger partial charge on any atom is 0.159 e. The first-order valence-corrected chi connectivity index (χ1v) is 15.7. The molecule has 216 valence electrons. The van der Waals surface area contributed by atoms with Crippen LogP contribution < -0.4 is 4.90 Å². The predicted octanol–water partition coefficient (Wildman–Crippen LogP) is 12.7. The second kappa shape index (κ2) is 10.8. The Morgan fingerprint density at radius 3 is 1.87 bits per heavy atom. The van der Waals surface area contributed by atoms with Crippen LogP contribution in [0.1, 0.15) is 0 Å². The van der Waals surface area contributed by atoms with Crippen LogP contribution in [0.25, 0.3) is 65.7 Å². The van der Waals surface area contributed by atoms with Gasteiger partial charge in [-0.2, -0.15) is 0 Å². The first-order chi connectivity index (χ1) is 22.8. The summed E-state index contributed by atoms with van der Waals surface area (Å²) < 4.78 is 6.74. The number of nitrogens with zero attached hydrogens (tertiary/aromatic N) is 1. The molecule has 2 nitrogen and oxygen atoms in total. The van der Waals surface area contributed by atoms with Gasteiger partial charge in [0.2, 0.25) is 0 Å². The van der Waals surface area contributed by atoms with Crippen molar-refractivity contribution in [1.82, 2.24) is 0 Å². The van der Waals surface area contributed by atoms with Gasteiger partial charge < -0.3 is 9.32 Å². The Morgan fingerprint density at radius 1 is 0.391 bits per heavy atom. The van der Waals surface area contributed by atoms with Crippen molar-refractivity contribution >= 4 is 60.5 Å². The molecule has 0 aliphatic heterocycles. The fourth-order valence-electron chi connectivity index (χ4n) is 6.88. The lowest BCUT2D eigenvalue weighted by molar-refractivity contribution is 0.669. The zero-order valence-corrected chi connectivity index (χ0v) is 25.1. The number of benzene rings is 8. The normalized spacial score (nSPS) is 11.5. The van der Waals surface area contributed by atoms with Crippen LogP contribution >= 0.6 is 0 Å². The van der Waals surface area contributed by atoms with Crippen molar-refractivity contribution in [3.05, 3.63) is 176 Å². The standard InChI is InChI=1S/C44H29NO/c1-2-11-30(12-3-1)31-23-26-35(27-24-31)45(36-17-8-16-34(29-36)38-20-9-15-32-13-4-6-18-37(32)38)41-22-10-21-40-43-39-19-7-5-14-33(39)25-28-42(43)46-44(40)41/h1-29H. The molecule has 8 aromatic carbocycles. The summed E-state index contributed by atoms with van der Waals surface area (Å²) in [5, 5.41) is 7.15. The van der Waals surface area contributed by atoms with Crippen LogP contribution in [-0.2, 0) is 0 Å². The van der Waals surface area contributed by atoms with E-state index >= 15 is 0 Å². The Kier molecular flexibility index (Phi) is 6.17. The highest BCUT2D eigenvalue weighted by molar-refractivity contribution is 6.21. The van der Waals surface area contributed by atoms with Crippen LogP contribution in [-0.4, -0.2) is 0 Å².